The molecule has 0 spiro atoms. The van der Waals surface area contributed by atoms with Crippen LogP contribution in [-0.4, -0.2) is 15.3 Å². The summed E-state index contributed by atoms with van der Waals surface area (Å²) < 4.78 is 2.40. The highest BCUT2D eigenvalue weighted by molar-refractivity contribution is 5.80. The molecule has 186 valence electrons. The van der Waals surface area contributed by atoms with E-state index in [4.69, 9.17) is 4.98 Å². The Kier molecular flexibility index (Phi) is 6.01. The van der Waals surface area contributed by atoms with Crippen molar-refractivity contribution in [1.29, 1.82) is 0 Å². The van der Waals surface area contributed by atoms with E-state index in [-0.39, 0.29) is 0 Å². The molecule has 3 nitrogen and oxygen atoms in total. The molecule has 2 bridgehead atoms. The third-order valence-electron chi connectivity index (χ3n) is 11.1. The van der Waals surface area contributed by atoms with Gasteiger partial charge in [-0.2, -0.15) is 0 Å². The summed E-state index contributed by atoms with van der Waals surface area (Å²) in [4.78, 5) is 18.4. The quantitative estimate of drug-likeness (QED) is 0.434. The number of rotatable bonds is 6. The molecule has 3 heteroatoms. The van der Waals surface area contributed by atoms with Gasteiger partial charge in [-0.3, -0.25) is 4.79 Å². The molecule has 1 heterocycles. The highest BCUT2D eigenvalue weighted by Crippen LogP contribution is 2.68. The van der Waals surface area contributed by atoms with Crippen LogP contribution in [0.2, 0.25) is 0 Å². The number of para-hydroxylation sites is 2. The Bertz CT molecular complexity index is 1050. The van der Waals surface area contributed by atoms with Crippen LogP contribution in [0, 0.1) is 34.0 Å². The maximum absolute atomic E-state index is 13.3. The van der Waals surface area contributed by atoms with Gasteiger partial charge in [0.1, 0.15) is 11.6 Å². The summed E-state index contributed by atoms with van der Waals surface area (Å²) in [6, 6.07) is 8.52. The summed E-state index contributed by atoms with van der Waals surface area (Å²) >= 11 is 0. The molecule has 0 unspecified atom stereocenters. The van der Waals surface area contributed by atoms with E-state index in [0.717, 1.165) is 30.3 Å². The number of Topliss-reactive ketones (excluding diaryl/α,β-unsaturated/α-hetero) is 1. The Hall–Kier alpha value is -1.64. The van der Waals surface area contributed by atoms with Crippen LogP contribution in [0.15, 0.2) is 24.3 Å². The van der Waals surface area contributed by atoms with Gasteiger partial charge in [0.25, 0.3) is 0 Å². The summed E-state index contributed by atoms with van der Waals surface area (Å²) in [7, 11) is 0. The summed E-state index contributed by atoms with van der Waals surface area (Å²) in [5.41, 5.74) is 3.41. The zero-order valence-corrected chi connectivity index (χ0v) is 22.5. The van der Waals surface area contributed by atoms with Gasteiger partial charge in [0.05, 0.1) is 11.0 Å². The minimum atomic E-state index is 0.339. The van der Waals surface area contributed by atoms with Crippen LogP contribution in [0.25, 0.3) is 11.0 Å². The van der Waals surface area contributed by atoms with Gasteiger partial charge in [0, 0.05) is 25.3 Å². The summed E-state index contributed by atoms with van der Waals surface area (Å²) in [6.45, 7) is 15.3. The standard InChI is InChI=1S/C31H46N2O/c1-29(2,3)22-13-11-21(12-14-22)28-32-26-9-7-8-10-27(26)33(28)18-16-25(34)20-24-19-23-15-17-31(24,6)30(23,4)5/h7-10,21-24H,11-20H2,1-6H3/t21?,22?,23-,24+,31+/m1/s1. The van der Waals surface area contributed by atoms with Gasteiger partial charge in [0.15, 0.2) is 0 Å². The lowest BCUT2D eigenvalue weighted by Gasteiger charge is -2.39. The first kappa shape index (κ1) is 24.1. The average Bonchev–Trinajstić information content (AvgIpc) is 3.33. The van der Waals surface area contributed by atoms with Gasteiger partial charge >= 0.3 is 0 Å². The minimum Gasteiger partial charge on any atom is -0.327 e. The Balaban J connectivity index is 1.29. The predicted molar refractivity (Wildman–Crippen MR) is 141 cm³/mol. The van der Waals surface area contributed by atoms with Gasteiger partial charge in [-0.1, -0.05) is 53.7 Å². The van der Waals surface area contributed by atoms with E-state index in [1.807, 2.05) is 0 Å². The second kappa shape index (κ2) is 8.49. The van der Waals surface area contributed by atoms with Crippen molar-refractivity contribution in [3.63, 3.8) is 0 Å². The maximum atomic E-state index is 13.3. The molecule has 1 aromatic carbocycles. The molecule has 2 aromatic rings. The Morgan fingerprint density at radius 1 is 1.06 bits per heavy atom. The number of imidazole rings is 1. The van der Waals surface area contributed by atoms with E-state index >= 15 is 0 Å². The number of hydrogen-bond donors (Lipinski definition) is 0. The molecule has 0 saturated heterocycles. The van der Waals surface area contributed by atoms with E-state index in [1.165, 1.54) is 56.3 Å². The van der Waals surface area contributed by atoms with Crippen LogP contribution in [0.4, 0.5) is 0 Å². The number of carbonyl (C=O) groups excluding carboxylic acids is 1. The Labute approximate surface area is 207 Å². The van der Waals surface area contributed by atoms with Crippen molar-refractivity contribution in [2.24, 2.45) is 34.0 Å². The van der Waals surface area contributed by atoms with Crippen molar-refractivity contribution in [2.45, 2.75) is 112 Å². The number of aromatic nitrogens is 2. The van der Waals surface area contributed by atoms with Crippen molar-refractivity contribution in [3.05, 3.63) is 30.1 Å². The van der Waals surface area contributed by atoms with Gasteiger partial charge < -0.3 is 4.57 Å². The fraction of sp³-hybridized carbons (Fsp3) is 0.742. The van der Waals surface area contributed by atoms with E-state index in [2.05, 4.69) is 70.4 Å². The molecule has 3 atom stereocenters. The third kappa shape index (κ3) is 3.95. The monoisotopic (exact) mass is 462 g/mol. The number of nitrogens with zero attached hydrogens (tertiary/aromatic N) is 2. The van der Waals surface area contributed by atoms with Crippen LogP contribution >= 0.6 is 0 Å². The second-order valence-electron chi connectivity index (χ2n) is 13.8. The number of fused-ring (bicyclic) bond motifs is 3. The molecule has 0 aliphatic heterocycles. The molecule has 3 aliphatic rings. The normalized spacial score (nSPS) is 33.0. The molecule has 3 fully saturated rings. The second-order valence-corrected chi connectivity index (χ2v) is 13.8. The van der Waals surface area contributed by atoms with Gasteiger partial charge in [-0.05, 0) is 91.1 Å². The molecule has 0 N–H and O–H groups in total. The minimum absolute atomic E-state index is 0.339. The fourth-order valence-corrected chi connectivity index (χ4v) is 8.15. The van der Waals surface area contributed by atoms with Crippen molar-refractivity contribution in [2.75, 3.05) is 0 Å². The summed E-state index contributed by atoms with van der Waals surface area (Å²) in [5, 5.41) is 0. The van der Waals surface area contributed by atoms with Gasteiger partial charge in [-0.15, -0.1) is 0 Å². The van der Waals surface area contributed by atoms with E-state index in [0.29, 0.717) is 40.3 Å². The van der Waals surface area contributed by atoms with Crippen LogP contribution in [0.1, 0.15) is 111 Å². The smallest absolute Gasteiger partial charge is 0.134 e. The van der Waals surface area contributed by atoms with Crippen molar-refractivity contribution in [1.82, 2.24) is 9.55 Å². The van der Waals surface area contributed by atoms with Crippen molar-refractivity contribution >= 4 is 16.8 Å². The SMILES string of the molecule is CC(C)(C)C1CCC(c2nc3ccccc3n2CCC(=O)C[C@@H]2C[C@H]3CC[C@]2(C)C3(C)C)CC1. The molecule has 1 aromatic heterocycles. The van der Waals surface area contributed by atoms with Crippen molar-refractivity contribution in [3.8, 4) is 0 Å². The lowest BCUT2D eigenvalue weighted by atomic mass is 9.65. The number of aryl methyl sites for hydroxylation is 1. The average molecular weight is 463 g/mol. The Morgan fingerprint density at radius 3 is 2.38 bits per heavy atom. The van der Waals surface area contributed by atoms with Gasteiger partial charge in [0.2, 0.25) is 0 Å². The third-order valence-corrected chi connectivity index (χ3v) is 11.1. The predicted octanol–water partition coefficient (Wildman–Crippen LogP) is 8.17. The van der Waals surface area contributed by atoms with E-state index in [1.54, 1.807) is 0 Å². The maximum Gasteiger partial charge on any atom is 0.134 e. The molecular weight excluding hydrogens is 416 g/mol. The number of ketones is 1. The first-order valence-electron chi connectivity index (χ1n) is 14.0. The highest BCUT2D eigenvalue weighted by Gasteiger charge is 2.61. The molecular formula is C31H46N2O. The van der Waals surface area contributed by atoms with Crippen LogP contribution in [0.3, 0.4) is 0 Å². The van der Waals surface area contributed by atoms with E-state index < -0.39 is 0 Å². The molecule has 34 heavy (non-hydrogen) atoms. The summed E-state index contributed by atoms with van der Waals surface area (Å²) in [6.07, 6.45) is 10.3. The van der Waals surface area contributed by atoms with Crippen LogP contribution < -0.4 is 0 Å². The zero-order valence-electron chi connectivity index (χ0n) is 22.5. The van der Waals surface area contributed by atoms with Crippen LogP contribution in [0.5, 0.6) is 0 Å². The van der Waals surface area contributed by atoms with Gasteiger partial charge in [-0.25, -0.2) is 4.98 Å². The number of carbonyl (C=O) groups is 1. The lowest BCUT2D eigenvalue weighted by Crippen LogP contribution is -2.33. The van der Waals surface area contributed by atoms with Crippen LogP contribution in [-0.2, 0) is 11.3 Å². The van der Waals surface area contributed by atoms with Crippen molar-refractivity contribution < 1.29 is 4.79 Å². The Morgan fingerprint density at radius 2 is 1.76 bits per heavy atom. The molecule has 5 rings (SSSR count). The molecule has 0 radical (unpaired) electrons. The zero-order chi connectivity index (χ0) is 24.3. The first-order chi connectivity index (χ1) is 16.0. The number of hydrogen-bond acceptors (Lipinski definition) is 2. The lowest BCUT2D eigenvalue weighted by molar-refractivity contribution is -0.121. The largest absolute Gasteiger partial charge is 0.327 e. The molecule has 0 amide bonds. The number of benzene rings is 1. The van der Waals surface area contributed by atoms with E-state index in [9.17, 15) is 4.79 Å². The first-order valence-corrected chi connectivity index (χ1v) is 14.0. The molecule has 3 saturated carbocycles. The highest BCUT2D eigenvalue weighted by atomic mass is 16.1. The molecule has 3 aliphatic carbocycles. The topological polar surface area (TPSA) is 34.9 Å². The fourth-order valence-electron chi connectivity index (χ4n) is 8.15. The summed E-state index contributed by atoms with van der Waals surface area (Å²) in [5.74, 6) is 4.38.